The lowest BCUT2D eigenvalue weighted by Crippen LogP contribution is -2.11. The van der Waals surface area contributed by atoms with Gasteiger partial charge in [0, 0.05) is 24.4 Å². The normalized spacial score (nSPS) is 13.2. The van der Waals surface area contributed by atoms with E-state index in [0.29, 0.717) is 0 Å². The summed E-state index contributed by atoms with van der Waals surface area (Å²) in [5.74, 6) is 0.833. The lowest BCUT2D eigenvalue weighted by molar-refractivity contribution is -0.384. The molecule has 1 N–H and O–H groups in total. The van der Waals surface area contributed by atoms with Gasteiger partial charge < -0.3 is 5.32 Å². The van der Waals surface area contributed by atoms with Crippen LogP contribution in [0.2, 0.25) is 0 Å². The summed E-state index contributed by atoms with van der Waals surface area (Å²) in [6, 6.07) is 5.00. The summed E-state index contributed by atoms with van der Waals surface area (Å²) in [7, 11) is 0. The third kappa shape index (κ3) is 4.43. The molecule has 17 heavy (non-hydrogen) atoms. The van der Waals surface area contributed by atoms with E-state index in [4.69, 9.17) is 0 Å². The van der Waals surface area contributed by atoms with Crippen LogP contribution in [0.25, 0.3) is 0 Å². The first kappa shape index (κ1) is 13.5. The fourth-order valence-electron chi connectivity index (χ4n) is 1.56. The Morgan fingerprint density at radius 2 is 2.00 bits per heavy atom. The average molecular weight is 236 g/mol. The Kier molecular flexibility index (Phi) is 4.94. The lowest BCUT2D eigenvalue weighted by atomic mass is 10.0. The van der Waals surface area contributed by atoms with Crippen LogP contribution in [-0.2, 0) is 6.42 Å². The van der Waals surface area contributed by atoms with Crippen LogP contribution < -0.4 is 5.32 Å². The Morgan fingerprint density at radius 1 is 1.35 bits per heavy atom. The quantitative estimate of drug-likeness (QED) is 0.598. The first-order valence-corrected chi connectivity index (χ1v) is 6.02. The summed E-state index contributed by atoms with van der Waals surface area (Å²) in [5.41, 5.74) is 2.26. The second-order valence-electron chi connectivity index (χ2n) is 4.86. The molecule has 0 spiro atoms. The molecule has 0 aliphatic carbocycles. The average Bonchev–Trinajstić information content (AvgIpc) is 2.27. The first-order valence-electron chi connectivity index (χ1n) is 6.02. The van der Waals surface area contributed by atoms with Crippen molar-refractivity contribution in [2.75, 3.05) is 11.9 Å². The molecule has 1 aromatic carbocycles. The molecular formula is C13H20N2O2. The van der Waals surface area contributed by atoms with Gasteiger partial charge in [-0.05, 0) is 24.3 Å². The molecule has 0 atom stereocenters. The number of anilines is 1. The number of hydrogen-bond acceptors (Lipinski definition) is 3. The largest absolute Gasteiger partial charge is 0.385 e. The van der Waals surface area contributed by atoms with Gasteiger partial charge in [0.1, 0.15) is 0 Å². The molecule has 2 rings (SSSR count). The number of nitro groups is 1. The smallest absolute Gasteiger partial charge is 0.271 e. The number of nitro benzene ring substituents is 1. The highest BCUT2D eigenvalue weighted by atomic mass is 16.6. The van der Waals surface area contributed by atoms with Crippen LogP contribution in [0, 0.1) is 16.0 Å². The maximum atomic E-state index is 10.5. The van der Waals surface area contributed by atoms with Crippen molar-refractivity contribution >= 4 is 11.4 Å². The fraction of sp³-hybridized carbons (Fsp3) is 0.538. The number of hydrogen-bond donors (Lipinski definition) is 1. The number of benzene rings is 1. The zero-order valence-electron chi connectivity index (χ0n) is 10.7. The van der Waals surface area contributed by atoms with Crippen molar-refractivity contribution in [1.29, 1.82) is 0 Å². The van der Waals surface area contributed by atoms with E-state index >= 15 is 0 Å². The predicted molar refractivity (Wildman–Crippen MR) is 70.4 cm³/mol. The molecule has 0 amide bonds. The third-order valence-electron chi connectivity index (χ3n) is 2.24. The summed E-state index contributed by atoms with van der Waals surface area (Å²) in [4.78, 5) is 10.1. The summed E-state index contributed by atoms with van der Waals surface area (Å²) in [6.07, 6.45) is 2.12. The monoisotopic (exact) mass is 236 g/mol. The van der Waals surface area contributed by atoms with Crippen molar-refractivity contribution < 1.29 is 4.92 Å². The van der Waals surface area contributed by atoms with Gasteiger partial charge in [0.05, 0.1) is 4.92 Å². The van der Waals surface area contributed by atoms with Crippen molar-refractivity contribution in [1.82, 2.24) is 0 Å². The molecule has 0 fully saturated rings. The molecule has 1 aromatic rings. The number of nitrogens with one attached hydrogen (secondary N) is 1. The summed E-state index contributed by atoms with van der Waals surface area (Å²) in [5, 5.41) is 13.6. The summed E-state index contributed by atoms with van der Waals surface area (Å²) < 4.78 is 0. The van der Waals surface area contributed by atoms with Crippen molar-refractivity contribution in [3.8, 4) is 0 Å². The molecule has 1 aliphatic rings. The Balaban J connectivity index is 0.000000317. The van der Waals surface area contributed by atoms with E-state index in [1.165, 1.54) is 5.56 Å². The maximum Gasteiger partial charge on any atom is 0.271 e. The number of non-ortho nitro benzene ring substituents is 1. The first-order chi connectivity index (χ1) is 8.00. The molecule has 0 aromatic heterocycles. The number of nitrogens with zero attached hydrogens (tertiary/aromatic N) is 1. The van der Waals surface area contributed by atoms with Crippen LogP contribution >= 0.6 is 0 Å². The van der Waals surface area contributed by atoms with Crippen molar-refractivity contribution in [2.24, 2.45) is 5.92 Å². The highest BCUT2D eigenvalue weighted by molar-refractivity contribution is 5.58. The molecule has 94 valence electrons. The zero-order chi connectivity index (χ0) is 12.8. The van der Waals surface area contributed by atoms with Crippen molar-refractivity contribution in [2.45, 2.75) is 33.6 Å². The number of fused-ring (bicyclic) bond motifs is 1. The van der Waals surface area contributed by atoms with Crippen molar-refractivity contribution in [3.63, 3.8) is 0 Å². The zero-order valence-corrected chi connectivity index (χ0v) is 10.7. The van der Waals surface area contributed by atoms with Crippen LogP contribution in [0.1, 0.15) is 32.8 Å². The van der Waals surface area contributed by atoms with Gasteiger partial charge >= 0.3 is 0 Å². The fourth-order valence-corrected chi connectivity index (χ4v) is 1.56. The SMILES string of the molecule is CC(C)C.O=[N+]([O-])c1ccc2c(c1)NCCC2. The van der Waals surface area contributed by atoms with Gasteiger partial charge in [-0.2, -0.15) is 0 Å². The molecular weight excluding hydrogens is 216 g/mol. The Labute approximate surface area is 102 Å². The van der Waals surface area contributed by atoms with E-state index in [9.17, 15) is 10.1 Å². The van der Waals surface area contributed by atoms with Gasteiger partial charge in [0.25, 0.3) is 5.69 Å². The minimum Gasteiger partial charge on any atom is -0.385 e. The molecule has 4 heteroatoms. The van der Waals surface area contributed by atoms with E-state index in [-0.39, 0.29) is 10.6 Å². The Bertz CT molecular complexity index is 386. The summed E-state index contributed by atoms with van der Waals surface area (Å²) >= 11 is 0. The van der Waals surface area contributed by atoms with Crippen LogP contribution in [0.15, 0.2) is 18.2 Å². The third-order valence-corrected chi connectivity index (χ3v) is 2.24. The summed E-state index contributed by atoms with van der Waals surface area (Å²) in [6.45, 7) is 7.41. The standard InChI is InChI=1S/C9H10N2O2.C4H10/c12-11(13)8-4-3-7-2-1-5-10-9(7)6-8;1-4(2)3/h3-4,6,10H,1-2,5H2;4H,1-3H3. The molecule has 0 saturated heterocycles. The molecule has 1 heterocycles. The molecule has 4 nitrogen and oxygen atoms in total. The topological polar surface area (TPSA) is 55.2 Å². The molecule has 0 unspecified atom stereocenters. The van der Waals surface area contributed by atoms with E-state index in [1.54, 1.807) is 12.1 Å². The minimum atomic E-state index is -0.365. The minimum absolute atomic E-state index is 0.160. The van der Waals surface area contributed by atoms with Gasteiger partial charge in [-0.3, -0.25) is 10.1 Å². The molecule has 0 radical (unpaired) electrons. The van der Waals surface area contributed by atoms with Gasteiger partial charge in [-0.1, -0.05) is 26.8 Å². The second-order valence-corrected chi connectivity index (χ2v) is 4.86. The van der Waals surface area contributed by atoms with Gasteiger partial charge in [0.15, 0.2) is 0 Å². The van der Waals surface area contributed by atoms with E-state index in [0.717, 1.165) is 31.0 Å². The van der Waals surface area contributed by atoms with Gasteiger partial charge in [-0.25, -0.2) is 0 Å². The molecule has 0 saturated carbocycles. The van der Waals surface area contributed by atoms with Crippen LogP contribution in [0.4, 0.5) is 11.4 Å². The molecule has 1 aliphatic heterocycles. The highest BCUT2D eigenvalue weighted by Gasteiger charge is 2.12. The highest BCUT2D eigenvalue weighted by Crippen LogP contribution is 2.26. The number of aryl methyl sites for hydroxylation is 1. The predicted octanol–water partition coefficient (Wildman–Crippen LogP) is 3.62. The van der Waals surface area contributed by atoms with Gasteiger partial charge in [0.2, 0.25) is 0 Å². The van der Waals surface area contributed by atoms with Crippen LogP contribution in [0.3, 0.4) is 0 Å². The maximum absolute atomic E-state index is 10.5. The van der Waals surface area contributed by atoms with Crippen LogP contribution in [0.5, 0.6) is 0 Å². The van der Waals surface area contributed by atoms with E-state index in [2.05, 4.69) is 26.1 Å². The van der Waals surface area contributed by atoms with E-state index < -0.39 is 0 Å². The Hall–Kier alpha value is -1.58. The van der Waals surface area contributed by atoms with Crippen LogP contribution in [-0.4, -0.2) is 11.5 Å². The Morgan fingerprint density at radius 3 is 2.59 bits per heavy atom. The van der Waals surface area contributed by atoms with Gasteiger partial charge in [-0.15, -0.1) is 0 Å². The molecule has 0 bridgehead atoms. The lowest BCUT2D eigenvalue weighted by Gasteiger charge is -2.16. The van der Waals surface area contributed by atoms with E-state index in [1.807, 2.05) is 6.07 Å². The van der Waals surface area contributed by atoms with Crippen molar-refractivity contribution in [3.05, 3.63) is 33.9 Å². The second kappa shape index (κ2) is 6.23. The number of rotatable bonds is 1.